The van der Waals surface area contributed by atoms with Crippen molar-refractivity contribution in [2.75, 3.05) is 5.32 Å². The lowest BCUT2D eigenvalue weighted by Gasteiger charge is -2.06. The minimum absolute atomic E-state index is 0.0237. The van der Waals surface area contributed by atoms with Crippen LogP contribution in [0, 0.1) is 12.7 Å². The number of carbonyl (C=O) groups excluding carboxylic acids is 1. The van der Waals surface area contributed by atoms with E-state index in [0.717, 1.165) is 11.5 Å². The van der Waals surface area contributed by atoms with Crippen molar-refractivity contribution in [2.24, 2.45) is 0 Å². The molecular formula is C14H10FN5O2S. The lowest BCUT2D eigenvalue weighted by atomic mass is 10.3. The molecule has 0 saturated heterocycles. The van der Waals surface area contributed by atoms with Gasteiger partial charge in [-0.05, 0) is 30.6 Å². The molecule has 0 atom stereocenters. The van der Waals surface area contributed by atoms with Gasteiger partial charge < -0.3 is 10.1 Å². The van der Waals surface area contributed by atoms with E-state index in [4.69, 9.17) is 4.74 Å². The maximum absolute atomic E-state index is 13.5. The Morgan fingerprint density at radius 3 is 2.65 bits per heavy atom. The number of amides is 1. The monoisotopic (exact) mass is 331 g/mol. The van der Waals surface area contributed by atoms with E-state index in [-0.39, 0.29) is 17.7 Å². The summed E-state index contributed by atoms with van der Waals surface area (Å²) in [7, 11) is 0. The van der Waals surface area contributed by atoms with Crippen LogP contribution in [0.4, 0.5) is 10.1 Å². The van der Waals surface area contributed by atoms with E-state index in [1.54, 1.807) is 19.1 Å². The number of aromatic nitrogens is 4. The number of benzene rings is 1. The summed E-state index contributed by atoms with van der Waals surface area (Å²) in [5.41, 5.74) is 0.927. The van der Waals surface area contributed by atoms with Crippen molar-refractivity contribution in [1.82, 2.24) is 19.6 Å². The number of aryl methyl sites for hydroxylation is 1. The van der Waals surface area contributed by atoms with Gasteiger partial charge in [0, 0.05) is 0 Å². The topological polar surface area (TPSA) is 89.9 Å². The van der Waals surface area contributed by atoms with Gasteiger partial charge >= 0.3 is 6.01 Å². The molecular weight excluding hydrogens is 321 g/mol. The maximum Gasteiger partial charge on any atom is 0.322 e. The molecule has 23 heavy (non-hydrogen) atoms. The molecule has 0 radical (unpaired) electrons. The summed E-state index contributed by atoms with van der Waals surface area (Å²) < 4.78 is 22.4. The van der Waals surface area contributed by atoms with E-state index < -0.39 is 5.82 Å². The lowest BCUT2D eigenvalue weighted by Crippen LogP contribution is -2.12. The molecule has 2 heterocycles. The summed E-state index contributed by atoms with van der Waals surface area (Å²) in [5.74, 6) is -0.832. The Bertz CT molecular complexity index is 837. The number of para-hydroxylation sites is 1. The molecule has 3 aromatic rings. The number of halogens is 1. The molecule has 0 fully saturated rings. The second kappa shape index (κ2) is 6.44. The van der Waals surface area contributed by atoms with E-state index in [9.17, 15) is 9.18 Å². The van der Waals surface area contributed by atoms with E-state index in [0.29, 0.717) is 16.3 Å². The lowest BCUT2D eigenvalue weighted by molar-refractivity contribution is 0.102. The summed E-state index contributed by atoms with van der Waals surface area (Å²) in [6, 6.07) is 5.91. The van der Waals surface area contributed by atoms with Crippen LogP contribution in [-0.2, 0) is 0 Å². The van der Waals surface area contributed by atoms with Crippen LogP contribution < -0.4 is 10.1 Å². The van der Waals surface area contributed by atoms with E-state index in [2.05, 4.69) is 24.9 Å². The Morgan fingerprint density at radius 2 is 2.00 bits per heavy atom. The number of nitrogens with zero attached hydrogens (tertiary/aromatic N) is 4. The molecule has 2 aromatic heterocycles. The van der Waals surface area contributed by atoms with Gasteiger partial charge in [-0.3, -0.25) is 4.79 Å². The molecule has 0 aliphatic carbocycles. The van der Waals surface area contributed by atoms with Crippen molar-refractivity contribution >= 4 is 23.1 Å². The number of hydrogen-bond acceptors (Lipinski definition) is 7. The highest BCUT2D eigenvalue weighted by Crippen LogP contribution is 2.21. The number of nitrogens with one attached hydrogen (secondary N) is 1. The number of carbonyl (C=O) groups is 1. The minimum Gasteiger partial charge on any atom is -0.421 e. The van der Waals surface area contributed by atoms with Crippen molar-refractivity contribution in [3.05, 3.63) is 53.0 Å². The van der Waals surface area contributed by atoms with Crippen molar-refractivity contribution in [3.8, 4) is 11.8 Å². The van der Waals surface area contributed by atoms with Crippen LogP contribution in [0.15, 0.2) is 36.7 Å². The first kappa shape index (κ1) is 15.0. The number of ether oxygens (including phenoxy) is 1. The predicted octanol–water partition coefficient (Wildman–Crippen LogP) is 2.82. The largest absolute Gasteiger partial charge is 0.421 e. The second-order valence-electron chi connectivity index (χ2n) is 4.43. The highest BCUT2D eigenvalue weighted by Gasteiger charge is 2.14. The Morgan fingerprint density at radius 1 is 1.26 bits per heavy atom. The van der Waals surface area contributed by atoms with Gasteiger partial charge in [-0.2, -0.15) is 0 Å². The molecule has 1 N–H and O–H groups in total. The standard InChI is InChI=1S/C14H10FN5O2S/c1-8-12(23-20-19-8)13(21)18-9-6-16-14(17-7-9)22-11-5-3-2-4-10(11)15/h2-7H,1H3,(H,18,21). The van der Waals surface area contributed by atoms with E-state index in [1.165, 1.54) is 24.5 Å². The molecule has 0 saturated carbocycles. The smallest absolute Gasteiger partial charge is 0.322 e. The zero-order valence-electron chi connectivity index (χ0n) is 11.9. The molecule has 9 heteroatoms. The van der Waals surface area contributed by atoms with Crippen molar-refractivity contribution in [3.63, 3.8) is 0 Å². The summed E-state index contributed by atoms with van der Waals surface area (Å²) in [6.45, 7) is 1.69. The predicted molar refractivity (Wildman–Crippen MR) is 81.1 cm³/mol. The molecule has 0 aliphatic rings. The van der Waals surface area contributed by atoms with Crippen LogP contribution in [0.3, 0.4) is 0 Å². The van der Waals surface area contributed by atoms with Gasteiger partial charge in [-0.1, -0.05) is 16.6 Å². The first-order valence-electron chi connectivity index (χ1n) is 6.48. The highest BCUT2D eigenvalue weighted by molar-refractivity contribution is 7.08. The van der Waals surface area contributed by atoms with Gasteiger partial charge in [0.2, 0.25) is 0 Å². The van der Waals surface area contributed by atoms with Gasteiger partial charge in [0.1, 0.15) is 4.88 Å². The minimum atomic E-state index is -0.512. The molecule has 1 amide bonds. The van der Waals surface area contributed by atoms with E-state index in [1.807, 2.05) is 0 Å². The van der Waals surface area contributed by atoms with Gasteiger partial charge in [0.25, 0.3) is 5.91 Å². The Labute approximate surface area is 134 Å². The third-order valence-corrected chi connectivity index (χ3v) is 3.61. The van der Waals surface area contributed by atoms with E-state index >= 15 is 0 Å². The van der Waals surface area contributed by atoms with Crippen LogP contribution >= 0.6 is 11.5 Å². The fraction of sp³-hybridized carbons (Fsp3) is 0.0714. The highest BCUT2D eigenvalue weighted by atomic mass is 32.1. The number of anilines is 1. The van der Waals surface area contributed by atoms with Crippen molar-refractivity contribution < 1.29 is 13.9 Å². The zero-order chi connectivity index (χ0) is 16.2. The van der Waals surface area contributed by atoms with Gasteiger partial charge in [0.15, 0.2) is 11.6 Å². The van der Waals surface area contributed by atoms with Crippen LogP contribution in [0.5, 0.6) is 11.8 Å². The Kier molecular flexibility index (Phi) is 4.20. The zero-order valence-corrected chi connectivity index (χ0v) is 12.7. The quantitative estimate of drug-likeness (QED) is 0.790. The Balaban J connectivity index is 1.69. The molecule has 0 spiro atoms. The SMILES string of the molecule is Cc1nnsc1C(=O)Nc1cnc(Oc2ccccc2F)nc1. The summed E-state index contributed by atoms with van der Waals surface area (Å²) in [6.07, 6.45) is 2.73. The van der Waals surface area contributed by atoms with Gasteiger partial charge in [-0.15, -0.1) is 5.10 Å². The number of rotatable bonds is 4. The summed E-state index contributed by atoms with van der Waals surface area (Å²) in [5, 5.41) is 6.39. The first-order chi connectivity index (χ1) is 11.1. The van der Waals surface area contributed by atoms with Crippen LogP contribution in [0.1, 0.15) is 15.4 Å². The number of hydrogen-bond donors (Lipinski definition) is 1. The fourth-order valence-corrected chi connectivity index (χ4v) is 2.24. The summed E-state index contributed by atoms with van der Waals surface area (Å²) in [4.78, 5) is 20.3. The normalized spacial score (nSPS) is 10.3. The fourth-order valence-electron chi connectivity index (χ4n) is 1.69. The molecule has 0 bridgehead atoms. The van der Waals surface area contributed by atoms with Gasteiger partial charge in [0.05, 0.1) is 23.8 Å². The third-order valence-electron chi connectivity index (χ3n) is 2.78. The molecule has 0 aliphatic heterocycles. The van der Waals surface area contributed by atoms with Crippen LogP contribution in [-0.4, -0.2) is 25.5 Å². The average molecular weight is 331 g/mol. The van der Waals surface area contributed by atoms with Crippen LogP contribution in [0.25, 0.3) is 0 Å². The molecule has 116 valence electrons. The molecule has 3 rings (SSSR count). The maximum atomic E-state index is 13.5. The third kappa shape index (κ3) is 3.46. The molecule has 1 aromatic carbocycles. The molecule has 0 unspecified atom stereocenters. The van der Waals surface area contributed by atoms with Gasteiger partial charge in [-0.25, -0.2) is 14.4 Å². The summed E-state index contributed by atoms with van der Waals surface area (Å²) >= 11 is 1.00. The van der Waals surface area contributed by atoms with Crippen LogP contribution in [0.2, 0.25) is 0 Å². The van der Waals surface area contributed by atoms with Crippen molar-refractivity contribution in [1.29, 1.82) is 0 Å². The van der Waals surface area contributed by atoms with Crippen molar-refractivity contribution in [2.45, 2.75) is 6.92 Å². The average Bonchev–Trinajstić information content (AvgIpc) is 2.98. The Hall–Kier alpha value is -2.94. The first-order valence-corrected chi connectivity index (χ1v) is 7.25. The molecule has 7 nitrogen and oxygen atoms in total. The second-order valence-corrected chi connectivity index (χ2v) is 5.18.